The van der Waals surface area contributed by atoms with Gasteiger partial charge in [0.1, 0.15) is 5.75 Å². The molecule has 2 aromatic carbocycles. The lowest BCUT2D eigenvalue weighted by atomic mass is 10.1. The molecule has 0 aliphatic rings. The molecule has 114 valence electrons. The van der Waals surface area contributed by atoms with E-state index in [2.05, 4.69) is 10.6 Å². The van der Waals surface area contributed by atoms with E-state index in [1.807, 2.05) is 61.5 Å². The van der Waals surface area contributed by atoms with Crippen LogP contribution in [0.5, 0.6) is 5.75 Å². The molecule has 1 amide bonds. The summed E-state index contributed by atoms with van der Waals surface area (Å²) in [4.78, 5) is 11.9. The zero-order valence-electron chi connectivity index (χ0n) is 12.3. The van der Waals surface area contributed by atoms with E-state index in [0.29, 0.717) is 13.0 Å². The standard InChI is InChI=1S/C17H18N2O2S/c1-2-21-15-10-6-9-14(12-15)18-17(22)19-16(20)11-13-7-4-3-5-8-13/h3-10,12H,2,11H2,1H3,(H2,18,19,20,22). The summed E-state index contributed by atoms with van der Waals surface area (Å²) >= 11 is 5.15. The number of ether oxygens (including phenoxy) is 1. The van der Waals surface area contributed by atoms with Gasteiger partial charge in [-0.25, -0.2) is 0 Å². The van der Waals surface area contributed by atoms with E-state index < -0.39 is 0 Å². The third kappa shape index (κ3) is 5.18. The van der Waals surface area contributed by atoms with E-state index in [1.54, 1.807) is 0 Å². The molecule has 0 aliphatic heterocycles. The lowest BCUT2D eigenvalue weighted by molar-refractivity contribution is -0.119. The van der Waals surface area contributed by atoms with Crippen molar-refractivity contribution in [3.8, 4) is 5.75 Å². The van der Waals surface area contributed by atoms with Crippen molar-refractivity contribution < 1.29 is 9.53 Å². The van der Waals surface area contributed by atoms with Gasteiger partial charge in [-0.15, -0.1) is 0 Å². The Bertz CT molecular complexity index is 644. The van der Waals surface area contributed by atoms with Gasteiger partial charge >= 0.3 is 0 Å². The lowest BCUT2D eigenvalue weighted by Gasteiger charge is -2.11. The van der Waals surface area contributed by atoms with E-state index in [0.717, 1.165) is 17.0 Å². The minimum Gasteiger partial charge on any atom is -0.494 e. The van der Waals surface area contributed by atoms with Gasteiger partial charge in [0, 0.05) is 11.8 Å². The Morgan fingerprint density at radius 2 is 1.91 bits per heavy atom. The summed E-state index contributed by atoms with van der Waals surface area (Å²) in [6.45, 7) is 2.52. The van der Waals surface area contributed by atoms with Gasteiger partial charge in [0.25, 0.3) is 0 Å². The van der Waals surface area contributed by atoms with E-state index >= 15 is 0 Å². The summed E-state index contributed by atoms with van der Waals surface area (Å²) in [5, 5.41) is 5.92. The second-order valence-corrected chi connectivity index (χ2v) is 5.03. The summed E-state index contributed by atoms with van der Waals surface area (Å²) in [7, 11) is 0. The van der Waals surface area contributed by atoms with Crippen molar-refractivity contribution in [2.24, 2.45) is 0 Å². The van der Waals surface area contributed by atoms with Gasteiger partial charge in [-0.2, -0.15) is 0 Å². The van der Waals surface area contributed by atoms with Crippen molar-refractivity contribution in [1.82, 2.24) is 5.32 Å². The second-order valence-electron chi connectivity index (χ2n) is 4.63. The predicted molar refractivity (Wildman–Crippen MR) is 92.1 cm³/mol. The maximum absolute atomic E-state index is 11.9. The molecule has 0 atom stereocenters. The van der Waals surface area contributed by atoms with Crippen LogP contribution in [0.3, 0.4) is 0 Å². The molecule has 4 nitrogen and oxygen atoms in total. The maximum Gasteiger partial charge on any atom is 0.230 e. The molecular weight excluding hydrogens is 296 g/mol. The quantitative estimate of drug-likeness (QED) is 0.833. The third-order valence-electron chi connectivity index (χ3n) is 2.86. The highest BCUT2D eigenvalue weighted by molar-refractivity contribution is 7.80. The summed E-state index contributed by atoms with van der Waals surface area (Å²) in [6.07, 6.45) is 0.293. The number of thiocarbonyl (C=S) groups is 1. The van der Waals surface area contributed by atoms with Crippen LogP contribution in [0, 0.1) is 0 Å². The van der Waals surface area contributed by atoms with Crippen molar-refractivity contribution in [2.75, 3.05) is 11.9 Å². The average Bonchev–Trinajstić information content (AvgIpc) is 2.48. The van der Waals surface area contributed by atoms with Crippen molar-refractivity contribution in [3.05, 3.63) is 60.2 Å². The normalized spacial score (nSPS) is 9.86. The Morgan fingerprint density at radius 3 is 2.64 bits per heavy atom. The van der Waals surface area contributed by atoms with E-state index in [9.17, 15) is 4.79 Å². The number of carbonyl (C=O) groups is 1. The average molecular weight is 314 g/mol. The molecule has 0 aliphatic carbocycles. The lowest BCUT2D eigenvalue weighted by Crippen LogP contribution is -2.35. The first kappa shape index (κ1) is 16.0. The molecule has 0 saturated carbocycles. The smallest absolute Gasteiger partial charge is 0.230 e. The van der Waals surface area contributed by atoms with Crippen LogP contribution in [-0.4, -0.2) is 17.6 Å². The van der Waals surface area contributed by atoms with Gasteiger partial charge in [0.05, 0.1) is 13.0 Å². The van der Waals surface area contributed by atoms with Gasteiger partial charge in [-0.05, 0) is 36.8 Å². The van der Waals surface area contributed by atoms with Crippen LogP contribution in [0.1, 0.15) is 12.5 Å². The van der Waals surface area contributed by atoms with Crippen LogP contribution in [0.25, 0.3) is 0 Å². The number of carbonyl (C=O) groups excluding carboxylic acids is 1. The fourth-order valence-corrected chi connectivity index (χ4v) is 2.18. The van der Waals surface area contributed by atoms with Crippen LogP contribution in [-0.2, 0) is 11.2 Å². The number of rotatable bonds is 5. The SMILES string of the molecule is CCOc1cccc(NC(=S)NC(=O)Cc2ccccc2)c1. The molecule has 0 fully saturated rings. The molecular formula is C17H18N2O2S. The highest BCUT2D eigenvalue weighted by Gasteiger charge is 2.06. The molecule has 0 aromatic heterocycles. The van der Waals surface area contributed by atoms with Crippen LogP contribution >= 0.6 is 12.2 Å². The van der Waals surface area contributed by atoms with Gasteiger partial charge in [-0.1, -0.05) is 36.4 Å². The van der Waals surface area contributed by atoms with E-state index in [1.165, 1.54) is 0 Å². The fourth-order valence-electron chi connectivity index (χ4n) is 1.94. The molecule has 0 radical (unpaired) electrons. The van der Waals surface area contributed by atoms with Gasteiger partial charge < -0.3 is 15.4 Å². The van der Waals surface area contributed by atoms with Gasteiger partial charge in [0.2, 0.25) is 5.91 Å². The topological polar surface area (TPSA) is 50.4 Å². The van der Waals surface area contributed by atoms with Crippen molar-refractivity contribution in [3.63, 3.8) is 0 Å². The van der Waals surface area contributed by atoms with Crippen molar-refractivity contribution >= 4 is 28.9 Å². The molecule has 2 N–H and O–H groups in total. The summed E-state index contributed by atoms with van der Waals surface area (Å²) in [6, 6.07) is 16.9. The Morgan fingerprint density at radius 1 is 1.14 bits per heavy atom. The third-order valence-corrected chi connectivity index (χ3v) is 3.07. The van der Waals surface area contributed by atoms with E-state index in [-0.39, 0.29) is 11.0 Å². The first-order valence-corrected chi connectivity index (χ1v) is 7.46. The minimum atomic E-state index is -0.148. The van der Waals surface area contributed by atoms with E-state index in [4.69, 9.17) is 17.0 Å². The first-order valence-electron chi connectivity index (χ1n) is 7.05. The Kier molecular flexibility index (Phi) is 5.91. The highest BCUT2D eigenvalue weighted by Crippen LogP contribution is 2.17. The molecule has 0 saturated heterocycles. The first-order chi connectivity index (χ1) is 10.7. The molecule has 0 unspecified atom stereocenters. The van der Waals surface area contributed by atoms with Crippen molar-refractivity contribution in [2.45, 2.75) is 13.3 Å². The Labute approximate surface area is 135 Å². The van der Waals surface area contributed by atoms with Gasteiger partial charge in [0.15, 0.2) is 5.11 Å². The van der Waals surface area contributed by atoms with Crippen LogP contribution < -0.4 is 15.4 Å². The van der Waals surface area contributed by atoms with Crippen LogP contribution in [0.4, 0.5) is 5.69 Å². The zero-order chi connectivity index (χ0) is 15.8. The molecule has 2 aromatic rings. The van der Waals surface area contributed by atoms with Gasteiger partial charge in [-0.3, -0.25) is 4.79 Å². The Balaban J connectivity index is 1.87. The summed E-state index contributed by atoms with van der Waals surface area (Å²) in [5.41, 5.74) is 1.72. The number of anilines is 1. The zero-order valence-corrected chi connectivity index (χ0v) is 13.2. The van der Waals surface area contributed by atoms with Crippen molar-refractivity contribution in [1.29, 1.82) is 0 Å². The second kappa shape index (κ2) is 8.14. The molecule has 0 spiro atoms. The number of nitrogens with one attached hydrogen (secondary N) is 2. The predicted octanol–water partition coefficient (Wildman–Crippen LogP) is 3.14. The molecule has 5 heteroatoms. The van der Waals surface area contributed by atoms with Crippen LogP contribution in [0.2, 0.25) is 0 Å². The Hall–Kier alpha value is -2.40. The highest BCUT2D eigenvalue weighted by atomic mass is 32.1. The molecule has 22 heavy (non-hydrogen) atoms. The molecule has 0 bridgehead atoms. The number of hydrogen-bond donors (Lipinski definition) is 2. The number of benzene rings is 2. The summed E-state index contributed by atoms with van der Waals surface area (Å²) in [5.74, 6) is 0.607. The largest absolute Gasteiger partial charge is 0.494 e. The molecule has 2 rings (SSSR count). The fraction of sp³-hybridized carbons (Fsp3) is 0.176. The number of amides is 1. The maximum atomic E-state index is 11.9. The summed E-state index contributed by atoms with van der Waals surface area (Å²) < 4.78 is 5.42. The minimum absolute atomic E-state index is 0.148. The van der Waals surface area contributed by atoms with Crippen LogP contribution in [0.15, 0.2) is 54.6 Å². The number of hydrogen-bond acceptors (Lipinski definition) is 3. The monoisotopic (exact) mass is 314 g/mol. The molecule has 0 heterocycles.